The fraction of sp³-hybridized carbons (Fsp3) is 0.258. The van der Waals surface area contributed by atoms with Gasteiger partial charge in [0.2, 0.25) is 0 Å². The Morgan fingerprint density at radius 1 is 0.950 bits per heavy atom. The van der Waals surface area contributed by atoms with E-state index in [1.807, 2.05) is 42.5 Å². The second-order valence-electron chi connectivity index (χ2n) is 9.62. The Bertz CT molecular complexity index is 1490. The first-order chi connectivity index (χ1) is 19.1. The van der Waals surface area contributed by atoms with Gasteiger partial charge >= 0.3 is 12.1 Å². The van der Waals surface area contributed by atoms with E-state index in [4.69, 9.17) is 16.7 Å². The number of aliphatic carboxylic acids is 1. The Morgan fingerprint density at radius 3 is 2.25 bits per heavy atom. The molecule has 0 saturated heterocycles. The molecule has 1 amide bonds. The second-order valence-corrected chi connectivity index (χ2v) is 10.1. The third-order valence-corrected chi connectivity index (χ3v) is 7.10. The van der Waals surface area contributed by atoms with Gasteiger partial charge in [0.25, 0.3) is 5.91 Å². The molecule has 0 radical (unpaired) electrons. The molecule has 2 unspecified atom stereocenters. The minimum absolute atomic E-state index is 0.0342. The van der Waals surface area contributed by atoms with Crippen LogP contribution in [0.25, 0.3) is 10.9 Å². The number of carboxylic acid groups (broad SMARTS) is 1. The largest absolute Gasteiger partial charge is 0.481 e. The maximum Gasteiger partial charge on any atom is 0.416 e. The van der Waals surface area contributed by atoms with E-state index in [1.54, 1.807) is 18.3 Å². The average molecular weight is 569 g/mol. The van der Waals surface area contributed by atoms with Crippen LogP contribution < -0.4 is 5.32 Å². The molecule has 0 aliphatic heterocycles. The molecule has 4 rings (SSSR count). The molecule has 2 atom stereocenters. The number of aromatic nitrogens is 1. The summed E-state index contributed by atoms with van der Waals surface area (Å²) >= 11 is 6.18. The first-order valence-corrected chi connectivity index (χ1v) is 13.3. The van der Waals surface area contributed by atoms with Crippen LogP contribution in [0, 0.1) is 0 Å². The average Bonchev–Trinajstić information content (AvgIpc) is 2.92. The van der Waals surface area contributed by atoms with Gasteiger partial charge in [-0.2, -0.15) is 13.2 Å². The Labute approximate surface area is 235 Å². The monoisotopic (exact) mass is 568 g/mol. The van der Waals surface area contributed by atoms with Crippen LogP contribution >= 0.6 is 11.6 Å². The summed E-state index contributed by atoms with van der Waals surface area (Å²) in [6, 6.07) is 20.1. The fourth-order valence-corrected chi connectivity index (χ4v) is 5.04. The van der Waals surface area contributed by atoms with E-state index in [-0.39, 0.29) is 36.2 Å². The van der Waals surface area contributed by atoms with E-state index >= 15 is 0 Å². The van der Waals surface area contributed by atoms with Crippen molar-refractivity contribution in [1.82, 2.24) is 10.3 Å². The number of carboxylic acids is 1. The molecule has 0 fully saturated rings. The third kappa shape index (κ3) is 6.99. The molecule has 3 aromatic carbocycles. The van der Waals surface area contributed by atoms with Crippen LogP contribution in [0.1, 0.15) is 70.6 Å². The number of hydrogen-bond donors (Lipinski definition) is 2. The number of pyridine rings is 1. The quantitative estimate of drug-likeness (QED) is 0.204. The van der Waals surface area contributed by atoms with Gasteiger partial charge in [-0.25, -0.2) is 0 Å². The van der Waals surface area contributed by atoms with Gasteiger partial charge in [-0.1, -0.05) is 55.3 Å². The van der Waals surface area contributed by atoms with Crippen molar-refractivity contribution in [2.45, 2.75) is 44.2 Å². The number of hydrogen-bond acceptors (Lipinski definition) is 3. The van der Waals surface area contributed by atoms with Crippen LogP contribution in [0.5, 0.6) is 0 Å². The summed E-state index contributed by atoms with van der Waals surface area (Å²) in [6.45, 7) is 2.11. The predicted molar refractivity (Wildman–Crippen MR) is 149 cm³/mol. The molecule has 5 nitrogen and oxygen atoms in total. The smallest absolute Gasteiger partial charge is 0.416 e. The minimum atomic E-state index is -4.45. The molecule has 2 N–H and O–H groups in total. The first kappa shape index (κ1) is 29.1. The van der Waals surface area contributed by atoms with Crippen LogP contribution in [0.15, 0.2) is 79.0 Å². The molecular formula is C31H28ClF3N2O3. The molecule has 0 saturated carbocycles. The number of amides is 1. The lowest BCUT2D eigenvalue weighted by atomic mass is 9.75. The maximum absolute atomic E-state index is 13.2. The van der Waals surface area contributed by atoms with Crippen molar-refractivity contribution in [3.8, 4) is 0 Å². The SMILES string of the molecule is CCCC(c1ccc(C(=O)NCCC(=O)O)cc1)C(c1ccc(Cl)cc1)c1cnc2cc(C(F)(F)F)ccc2c1. The van der Waals surface area contributed by atoms with E-state index in [9.17, 15) is 22.8 Å². The molecular weight excluding hydrogens is 541 g/mol. The highest BCUT2D eigenvalue weighted by atomic mass is 35.5. The molecule has 9 heteroatoms. The van der Waals surface area contributed by atoms with Crippen LogP contribution in [0.4, 0.5) is 13.2 Å². The van der Waals surface area contributed by atoms with Crippen molar-refractivity contribution in [3.05, 3.63) is 112 Å². The van der Waals surface area contributed by atoms with Gasteiger partial charge in [-0.05, 0) is 71.5 Å². The van der Waals surface area contributed by atoms with Crippen LogP contribution in [0.3, 0.4) is 0 Å². The molecule has 4 aromatic rings. The summed E-state index contributed by atoms with van der Waals surface area (Å²) in [7, 11) is 0. The van der Waals surface area contributed by atoms with Crippen molar-refractivity contribution in [3.63, 3.8) is 0 Å². The lowest BCUT2D eigenvalue weighted by Gasteiger charge is -2.29. The van der Waals surface area contributed by atoms with Crippen molar-refractivity contribution in [2.24, 2.45) is 0 Å². The second kappa shape index (κ2) is 12.5. The summed E-state index contributed by atoms with van der Waals surface area (Å²) in [4.78, 5) is 27.6. The zero-order chi connectivity index (χ0) is 28.9. The topological polar surface area (TPSA) is 79.3 Å². The molecule has 0 spiro atoms. The zero-order valence-electron chi connectivity index (χ0n) is 21.7. The van der Waals surface area contributed by atoms with Gasteiger partial charge in [0.05, 0.1) is 17.5 Å². The number of nitrogens with one attached hydrogen (secondary N) is 1. The van der Waals surface area contributed by atoms with Gasteiger partial charge in [0.15, 0.2) is 0 Å². The molecule has 0 aliphatic carbocycles. The molecule has 40 heavy (non-hydrogen) atoms. The number of halogens is 4. The Hall–Kier alpha value is -3.91. The van der Waals surface area contributed by atoms with Crippen LogP contribution in [-0.2, 0) is 11.0 Å². The summed E-state index contributed by atoms with van der Waals surface area (Å²) < 4.78 is 39.7. The Kier molecular flexibility index (Phi) is 9.10. The van der Waals surface area contributed by atoms with E-state index in [0.29, 0.717) is 16.0 Å². The van der Waals surface area contributed by atoms with Gasteiger partial charge in [0.1, 0.15) is 0 Å². The minimum Gasteiger partial charge on any atom is -0.481 e. The van der Waals surface area contributed by atoms with Crippen molar-refractivity contribution < 1.29 is 27.9 Å². The number of rotatable bonds is 10. The van der Waals surface area contributed by atoms with Crippen molar-refractivity contribution >= 4 is 34.4 Å². The molecule has 1 heterocycles. The van der Waals surface area contributed by atoms with E-state index < -0.39 is 17.7 Å². The molecule has 1 aromatic heterocycles. The van der Waals surface area contributed by atoms with Gasteiger partial charge in [0, 0.05) is 34.6 Å². The summed E-state index contributed by atoms with van der Waals surface area (Å²) in [6.07, 6.45) is -1.33. The van der Waals surface area contributed by atoms with E-state index in [2.05, 4.69) is 17.2 Å². The number of fused-ring (bicyclic) bond motifs is 1. The van der Waals surface area contributed by atoms with Crippen molar-refractivity contribution in [1.29, 1.82) is 0 Å². The fourth-order valence-electron chi connectivity index (χ4n) is 4.92. The van der Waals surface area contributed by atoms with E-state index in [1.165, 1.54) is 6.07 Å². The standard InChI is InChI=1S/C31H28ClF3N2O3/c1-2-3-26(19-4-6-21(7-5-19)30(40)36-15-14-28(38)39)29(20-9-12-25(32)13-10-20)23-16-22-8-11-24(31(33,34)35)17-27(22)37-18-23/h4-13,16-18,26,29H,2-3,14-15H2,1H3,(H,36,40)(H,38,39). The van der Waals surface area contributed by atoms with Crippen LogP contribution in [0.2, 0.25) is 5.02 Å². The zero-order valence-corrected chi connectivity index (χ0v) is 22.5. The summed E-state index contributed by atoms with van der Waals surface area (Å²) in [5.41, 5.74) is 2.75. The van der Waals surface area contributed by atoms with E-state index in [0.717, 1.165) is 41.7 Å². The number of nitrogens with zero attached hydrogens (tertiary/aromatic N) is 1. The summed E-state index contributed by atoms with van der Waals surface area (Å²) in [5, 5.41) is 12.6. The first-order valence-electron chi connectivity index (χ1n) is 12.9. The molecule has 208 valence electrons. The highest BCUT2D eigenvalue weighted by Crippen LogP contribution is 2.42. The number of carbonyl (C=O) groups is 2. The third-order valence-electron chi connectivity index (χ3n) is 6.85. The Morgan fingerprint density at radius 2 is 1.62 bits per heavy atom. The Balaban J connectivity index is 1.73. The molecule has 0 bridgehead atoms. The van der Waals surface area contributed by atoms with Crippen molar-refractivity contribution in [2.75, 3.05) is 6.54 Å². The number of benzene rings is 3. The number of alkyl halides is 3. The number of carbonyl (C=O) groups excluding carboxylic acids is 1. The maximum atomic E-state index is 13.2. The predicted octanol–water partition coefficient (Wildman–Crippen LogP) is 7.83. The van der Waals surface area contributed by atoms with Gasteiger partial charge in [-0.3, -0.25) is 14.6 Å². The summed E-state index contributed by atoms with van der Waals surface area (Å²) in [5.74, 6) is -1.57. The highest BCUT2D eigenvalue weighted by molar-refractivity contribution is 6.30. The normalized spacial score (nSPS) is 13.1. The highest BCUT2D eigenvalue weighted by Gasteiger charge is 2.31. The van der Waals surface area contributed by atoms with Crippen LogP contribution in [-0.4, -0.2) is 28.5 Å². The lowest BCUT2D eigenvalue weighted by molar-refractivity contribution is -0.138. The van der Waals surface area contributed by atoms with Gasteiger partial charge in [-0.15, -0.1) is 0 Å². The van der Waals surface area contributed by atoms with Gasteiger partial charge < -0.3 is 10.4 Å². The lowest BCUT2D eigenvalue weighted by Crippen LogP contribution is -2.26. The molecule has 0 aliphatic rings.